The fourth-order valence-corrected chi connectivity index (χ4v) is 10.3. The van der Waals surface area contributed by atoms with Crippen LogP contribution in [0.15, 0.2) is 200 Å². The van der Waals surface area contributed by atoms with Gasteiger partial charge in [0.25, 0.3) is 0 Å². The summed E-state index contributed by atoms with van der Waals surface area (Å²) in [7, 11) is -1.91. The van der Waals surface area contributed by atoms with Crippen LogP contribution in [0.4, 0.5) is 0 Å². The molecule has 0 atom stereocenters. The minimum absolute atomic E-state index is 0. The second-order valence-electron chi connectivity index (χ2n) is 11.9. The van der Waals surface area contributed by atoms with Gasteiger partial charge in [0.2, 0.25) is 0 Å². The van der Waals surface area contributed by atoms with Crippen LogP contribution in [0, 0.1) is 24.7 Å². The zero-order valence-corrected chi connectivity index (χ0v) is 34.1. The number of halogens is 1. The van der Waals surface area contributed by atoms with E-state index >= 15 is 0 Å². The molecule has 0 aliphatic rings. The Bertz CT molecular complexity index is 2400. The molecule has 287 valence electrons. The van der Waals surface area contributed by atoms with Crippen molar-refractivity contribution in [1.82, 2.24) is 0 Å². The van der Waals surface area contributed by atoms with Crippen LogP contribution >= 0.6 is 7.26 Å². The smallest absolute Gasteiger partial charge is 0.336 e. The van der Waals surface area contributed by atoms with E-state index in [4.69, 9.17) is 31.2 Å². The van der Waals surface area contributed by atoms with Crippen molar-refractivity contribution in [2.75, 3.05) is 13.2 Å². The zero-order valence-electron chi connectivity index (χ0n) is 30.3. The van der Waals surface area contributed by atoms with Crippen LogP contribution in [-0.2, 0) is 22.4 Å². The number of benzene rings is 6. The van der Waals surface area contributed by atoms with Gasteiger partial charge in [-0.3, -0.25) is 0 Å². The van der Waals surface area contributed by atoms with E-state index in [0.29, 0.717) is 22.7 Å². The Morgan fingerprint density at radius 3 is 1.05 bits per heavy atom. The van der Waals surface area contributed by atoms with Crippen molar-refractivity contribution in [3.05, 3.63) is 216 Å². The van der Waals surface area contributed by atoms with Crippen molar-refractivity contribution in [1.29, 1.82) is 0 Å². The van der Waals surface area contributed by atoms with Gasteiger partial charge in [0.15, 0.2) is 0 Å². The summed E-state index contributed by atoms with van der Waals surface area (Å²) >= 11 is 0. The van der Waals surface area contributed by atoms with E-state index in [1.807, 2.05) is 0 Å². The molecule has 2 heterocycles. The molecule has 0 unspecified atom stereocenters. The monoisotopic (exact) mass is 969 g/mol. The Kier molecular flexibility index (Phi) is 16.7. The van der Waals surface area contributed by atoms with Crippen molar-refractivity contribution >= 4 is 50.4 Å². The summed E-state index contributed by atoms with van der Waals surface area (Å²) in [6, 6.07) is 60.3. The first kappa shape index (κ1) is 43.6. The predicted octanol–water partition coefficient (Wildman–Crippen LogP) is 4.83. The minimum Gasteiger partial charge on any atom is -1.00 e. The normalized spacial score (nSPS) is 10.1. The van der Waals surface area contributed by atoms with Crippen molar-refractivity contribution in [3.8, 4) is 23.3 Å². The summed E-state index contributed by atoms with van der Waals surface area (Å²) in [6.07, 6.45) is 13.4. The van der Waals surface area contributed by atoms with E-state index < -0.39 is 18.5 Å². The molecule has 9 heteroatoms. The Morgan fingerprint density at radius 1 is 0.456 bits per heavy atom. The molecule has 0 bridgehead atoms. The Hall–Kier alpha value is -6.08. The average molecular weight is 970 g/mol. The second-order valence-corrected chi connectivity index (χ2v) is 15.3. The van der Waals surface area contributed by atoms with Gasteiger partial charge in [-0.2, -0.15) is 0 Å². The summed E-state index contributed by atoms with van der Waals surface area (Å²) in [6.45, 7) is 0.172. The first-order chi connectivity index (χ1) is 27.0. The summed E-state index contributed by atoms with van der Waals surface area (Å²) in [5, 5.41) is 7.22. The zero-order chi connectivity index (χ0) is 38.3. The Morgan fingerprint density at radius 2 is 0.754 bits per heavy atom. The second kappa shape index (κ2) is 21.9. The van der Waals surface area contributed by atoms with Gasteiger partial charge in [0, 0.05) is 57.4 Å². The molecule has 0 amide bonds. The van der Waals surface area contributed by atoms with Crippen molar-refractivity contribution in [2.45, 2.75) is 0 Å². The van der Waals surface area contributed by atoms with Gasteiger partial charge < -0.3 is 55.4 Å². The molecule has 57 heavy (non-hydrogen) atoms. The maximum atomic E-state index is 11.0. The molecule has 0 aliphatic heterocycles. The van der Waals surface area contributed by atoms with Gasteiger partial charge in [0.1, 0.15) is 64.4 Å². The molecule has 1 radical (unpaired) electrons. The third-order valence-corrected chi connectivity index (χ3v) is 12.7. The quantitative estimate of drug-likeness (QED) is 0.0715. The van der Waals surface area contributed by atoms with Gasteiger partial charge in [-0.05, 0) is 84.9 Å². The molecule has 6 aromatic carbocycles. The molecule has 8 aromatic rings. The molecular formula is C48H34AuClO6P-2. The van der Waals surface area contributed by atoms with Crippen LogP contribution in [0.1, 0.15) is 0 Å². The van der Waals surface area contributed by atoms with E-state index in [1.54, 1.807) is 48.5 Å². The maximum Gasteiger partial charge on any atom is 0.336 e. The first-order valence-electron chi connectivity index (χ1n) is 17.3. The summed E-state index contributed by atoms with van der Waals surface area (Å²) in [5.74, 6) is 5.33. The standard InChI is InChI=1S/C24H20P.2C12H7O3.Au.ClH/c1-5-13-21(14-6-1)25(22-15-7-2-8-16-22,23-17-9-3-10-18-23)24-19-11-4-12-20-24;2*1-2-7-14-10-5-3-9-4-6-12(13)15-11(9)8-10;;/h1-20H;2*3-6,8H,7H2;;1H/q+1;2*-1;;/p-1. The van der Waals surface area contributed by atoms with Gasteiger partial charge >= 0.3 is 11.3 Å². The van der Waals surface area contributed by atoms with Gasteiger partial charge in [-0.15, -0.1) is 0 Å². The van der Waals surface area contributed by atoms with Crippen molar-refractivity contribution in [2.24, 2.45) is 0 Å². The molecule has 0 fully saturated rings. The average Bonchev–Trinajstić information content (AvgIpc) is 3.24. The molecule has 6 nitrogen and oxygen atoms in total. The number of hydrogen-bond donors (Lipinski definition) is 0. The number of rotatable bonds is 8. The first-order valence-corrected chi connectivity index (χ1v) is 19.0. The third kappa shape index (κ3) is 11.0. The fraction of sp³-hybridized carbons (Fsp3) is 0.0417. The molecule has 0 aliphatic carbocycles. The van der Waals surface area contributed by atoms with Crippen molar-refractivity contribution < 1.29 is 53.1 Å². The molecular weight excluding hydrogens is 936 g/mol. The van der Waals surface area contributed by atoms with Crippen LogP contribution in [0.5, 0.6) is 11.5 Å². The minimum atomic E-state index is -1.91. The van der Waals surface area contributed by atoms with Crippen LogP contribution in [0.3, 0.4) is 0 Å². The van der Waals surface area contributed by atoms with Crippen LogP contribution in [0.2, 0.25) is 0 Å². The van der Waals surface area contributed by atoms with Gasteiger partial charge in [-0.1, -0.05) is 72.8 Å². The summed E-state index contributed by atoms with van der Waals surface area (Å²) in [4.78, 5) is 21.9. The maximum absolute atomic E-state index is 11.0. The number of fused-ring (bicyclic) bond motifs is 2. The predicted molar refractivity (Wildman–Crippen MR) is 221 cm³/mol. The fourth-order valence-electron chi connectivity index (χ4n) is 6.00. The Labute approximate surface area is 353 Å². The van der Waals surface area contributed by atoms with E-state index in [-0.39, 0.29) is 48.0 Å². The number of hydrogen-bond acceptors (Lipinski definition) is 6. The van der Waals surface area contributed by atoms with E-state index in [0.717, 1.165) is 10.8 Å². The molecule has 2 aromatic heterocycles. The summed E-state index contributed by atoms with van der Waals surface area (Å²) < 4.78 is 20.2. The largest absolute Gasteiger partial charge is 1.00 e. The molecule has 0 saturated carbocycles. The molecule has 8 rings (SSSR count). The van der Waals surface area contributed by atoms with Crippen LogP contribution < -0.4 is 54.4 Å². The van der Waals surface area contributed by atoms with Gasteiger partial charge in [-0.25, -0.2) is 9.59 Å². The topological polar surface area (TPSA) is 78.9 Å². The summed E-state index contributed by atoms with van der Waals surface area (Å²) in [5.41, 5.74) is 0.173. The number of ether oxygens (including phenoxy) is 2. The third-order valence-electron chi connectivity index (χ3n) is 8.39. The van der Waals surface area contributed by atoms with Crippen LogP contribution in [0.25, 0.3) is 21.9 Å². The van der Waals surface area contributed by atoms with Gasteiger partial charge in [0.05, 0.1) is 0 Å². The SMILES string of the molecule is [Au].[C-]#CCOc1ccc2ccc(=O)oc2c1.[C-]#CCOc1ccc2ccc(=O)oc2c1.[Cl-].c1ccc([P+](c2ccccc2)(c2ccccc2)c2ccccc2)cc1. The van der Waals surface area contributed by atoms with Crippen LogP contribution in [-0.4, -0.2) is 13.2 Å². The molecule has 0 saturated heterocycles. The van der Waals surface area contributed by atoms with E-state index in [2.05, 4.69) is 133 Å². The van der Waals surface area contributed by atoms with E-state index in [1.165, 1.54) is 33.4 Å². The van der Waals surface area contributed by atoms with Crippen molar-refractivity contribution in [3.63, 3.8) is 0 Å². The van der Waals surface area contributed by atoms with E-state index in [9.17, 15) is 9.59 Å². The molecule has 0 spiro atoms. The Balaban J connectivity index is 0.000000196. The molecule has 0 N–H and O–H groups in total.